The Balaban J connectivity index is 1.61. The summed E-state index contributed by atoms with van der Waals surface area (Å²) in [5.74, 6) is 0.676. The Morgan fingerprint density at radius 3 is 2.96 bits per heavy atom. The molecule has 124 valence electrons. The van der Waals surface area contributed by atoms with Gasteiger partial charge in [0.15, 0.2) is 5.58 Å². The van der Waals surface area contributed by atoms with Crippen LogP contribution in [0.15, 0.2) is 51.4 Å². The number of rotatable bonds is 3. The molecule has 0 N–H and O–H groups in total. The van der Waals surface area contributed by atoms with Crippen LogP contribution in [0, 0.1) is 0 Å². The molecule has 3 nitrogen and oxygen atoms in total. The zero-order valence-electron chi connectivity index (χ0n) is 13.8. The quantitative estimate of drug-likeness (QED) is 0.585. The maximum absolute atomic E-state index is 5.93. The molecule has 2 heterocycles. The van der Waals surface area contributed by atoms with Crippen LogP contribution in [0.4, 0.5) is 0 Å². The van der Waals surface area contributed by atoms with Gasteiger partial charge in [0.25, 0.3) is 0 Å². The van der Waals surface area contributed by atoms with Crippen molar-refractivity contribution in [3.05, 3.63) is 52.5 Å². The molecule has 4 heteroatoms. The van der Waals surface area contributed by atoms with Gasteiger partial charge in [-0.05, 0) is 62.2 Å². The number of piperidine rings is 1. The lowest BCUT2D eigenvalue weighted by molar-refractivity contribution is 0.152. The van der Waals surface area contributed by atoms with Crippen LogP contribution in [0.1, 0.15) is 31.7 Å². The third kappa shape index (κ3) is 3.26. The summed E-state index contributed by atoms with van der Waals surface area (Å²) < 4.78 is 6.96. The molecule has 1 aliphatic heterocycles. The monoisotopic (exact) mass is 384 g/mol. The Labute approximate surface area is 150 Å². The van der Waals surface area contributed by atoms with Crippen LogP contribution in [-0.4, -0.2) is 22.5 Å². The minimum atomic E-state index is 0.670. The van der Waals surface area contributed by atoms with Gasteiger partial charge in [-0.25, -0.2) is 4.98 Å². The van der Waals surface area contributed by atoms with Crippen molar-refractivity contribution in [3.8, 4) is 11.5 Å². The fourth-order valence-corrected chi connectivity index (χ4v) is 3.84. The van der Waals surface area contributed by atoms with Crippen molar-refractivity contribution >= 4 is 27.0 Å². The van der Waals surface area contributed by atoms with Gasteiger partial charge in [-0.15, -0.1) is 0 Å². The van der Waals surface area contributed by atoms with Crippen molar-refractivity contribution < 1.29 is 4.42 Å². The minimum absolute atomic E-state index is 0.670. The van der Waals surface area contributed by atoms with Gasteiger partial charge in [0.2, 0.25) is 5.89 Å². The molecular weight excluding hydrogens is 364 g/mol. The van der Waals surface area contributed by atoms with Crippen LogP contribution < -0.4 is 0 Å². The van der Waals surface area contributed by atoms with Gasteiger partial charge in [-0.2, -0.15) is 0 Å². The van der Waals surface area contributed by atoms with E-state index in [0.717, 1.165) is 27.7 Å². The van der Waals surface area contributed by atoms with Crippen molar-refractivity contribution in [3.63, 3.8) is 0 Å². The van der Waals surface area contributed by atoms with Gasteiger partial charge in [0, 0.05) is 22.6 Å². The molecule has 0 unspecified atom stereocenters. The normalized spacial score (nSPS) is 19.0. The second-order valence-corrected chi connectivity index (χ2v) is 7.56. The van der Waals surface area contributed by atoms with E-state index in [1.54, 1.807) is 0 Å². The summed E-state index contributed by atoms with van der Waals surface area (Å²) in [6.07, 6.45) is 3.97. The Kier molecular flexibility index (Phi) is 4.42. The smallest absolute Gasteiger partial charge is 0.227 e. The molecule has 3 aromatic rings. The van der Waals surface area contributed by atoms with Crippen LogP contribution >= 0.6 is 15.9 Å². The number of oxazole rings is 1. The maximum Gasteiger partial charge on any atom is 0.227 e. The first-order valence-electron chi connectivity index (χ1n) is 8.58. The fourth-order valence-electron chi connectivity index (χ4n) is 3.44. The number of likely N-dealkylation sites (tertiary alicyclic amines) is 1. The Hall–Kier alpha value is -1.65. The van der Waals surface area contributed by atoms with E-state index in [2.05, 4.69) is 39.9 Å². The standard InChI is InChI=1S/C20H21BrN2O/c1-14-5-2-3-10-23(14)13-15-8-9-19-18(11-15)22-20(24-19)16-6-4-7-17(21)12-16/h4,6-9,11-12,14H,2-3,5,10,13H2,1H3/t14-/m1/s1. The molecule has 0 aliphatic carbocycles. The third-order valence-electron chi connectivity index (χ3n) is 4.85. The molecule has 0 saturated carbocycles. The average Bonchev–Trinajstić information content (AvgIpc) is 3.00. The molecule has 1 saturated heterocycles. The molecule has 2 aromatic carbocycles. The Morgan fingerprint density at radius 1 is 1.21 bits per heavy atom. The van der Waals surface area contributed by atoms with Crippen molar-refractivity contribution in [2.75, 3.05) is 6.54 Å². The van der Waals surface area contributed by atoms with Crippen LogP contribution in [0.3, 0.4) is 0 Å². The highest BCUT2D eigenvalue weighted by Gasteiger charge is 2.18. The third-order valence-corrected chi connectivity index (χ3v) is 5.34. The highest BCUT2D eigenvalue weighted by atomic mass is 79.9. The van der Waals surface area contributed by atoms with Crippen LogP contribution in [0.2, 0.25) is 0 Å². The Morgan fingerprint density at radius 2 is 2.12 bits per heavy atom. The number of benzene rings is 2. The van der Waals surface area contributed by atoms with Crippen LogP contribution in [-0.2, 0) is 6.54 Å². The van der Waals surface area contributed by atoms with E-state index < -0.39 is 0 Å². The van der Waals surface area contributed by atoms with Crippen LogP contribution in [0.25, 0.3) is 22.6 Å². The van der Waals surface area contributed by atoms with Gasteiger partial charge in [0.05, 0.1) is 0 Å². The lowest BCUT2D eigenvalue weighted by atomic mass is 10.0. The van der Waals surface area contributed by atoms with E-state index in [4.69, 9.17) is 9.40 Å². The van der Waals surface area contributed by atoms with Gasteiger partial charge >= 0.3 is 0 Å². The zero-order chi connectivity index (χ0) is 16.5. The van der Waals surface area contributed by atoms with Crippen molar-refractivity contribution in [2.24, 2.45) is 0 Å². The summed E-state index contributed by atoms with van der Waals surface area (Å²) in [7, 11) is 0. The fraction of sp³-hybridized carbons (Fsp3) is 0.350. The molecule has 1 aromatic heterocycles. The van der Waals surface area contributed by atoms with E-state index >= 15 is 0 Å². The van der Waals surface area contributed by atoms with E-state index in [1.807, 2.05) is 30.3 Å². The Bertz CT molecular complexity index is 858. The first-order chi connectivity index (χ1) is 11.7. The highest BCUT2D eigenvalue weighted by molar-refractivity contribution is 9.10. The van der Waals surface area contributed by atoms with Gasteiger partial charge in [-0.1, -0.05) is 34.5 Å². The summed E-state index contributed by atoms with van der Waals surface area (Å²) >= 11 is 3.50. The molecule has 0 radical (unpaired) electrons. The molecule has 1 atom stereocenters. The lowest BCUT2D eigenvalue weighted by Crippen LogP contribution is -2.36. The SMILES string of the molecule is C[C@@H]1CCCCN1Cc1ccc2oc(-c3cccc(Br)c3)nc2c1. The summed E-state index contributed by atoms with van der Waals surface area (Å²) in [4.78, 5) is 7.26. The summed E-state index contributed by atoms with van der Waals surface area (Å²) in [6.45, 7) is 4.52. The van der Waals surface area contributed by atoms with Gasteiger partial charge in [0.1, 0.15) is 5.52 Å². The molecule has 1 aliphatic rings. The van der Waals surface area contributed by atoms with Crippen molar-refractivity contribution in [1.82, 2.24) is 9.88 Å². The number of aromatic nitrogens is 1. The van der Waals surface area contributed by atoms with E-state index in [-0.39, 0.29) is 0 Å². The predicted molar refractivity (Wildman–Crippen MR) is 101 cm³/mol. The molecule has 0 bridgehead atoms. The molecule has 0 amide bonds. The number of hydrogen-bond donors (Lipinski definition) is 0. The second-order valence-electron chi connectivity index (χ2n) is 6.65. The average molecular weight is 385 g/mol. The van der Waals surface area contributed by atoms with E-state index in [0.29, 0.717) is 11.9 Å². The first-order valence-corrected chi connectivity index (χ1v) is 9.38. The molecule has 4 rings (SSSR count). The topological polar surface area (TPSA) is 29.3 Å². The van der Waals surface area contributed by atoms with E-state index in [1.165, 1.54) is 31.4 Å². The molecular formula is C20H21BrN2O. The van der Waals surface area contributed by atoms with Crippen molar-refractivity contribution in [1.29, 1.82) is 0 Å². The number of nitrogens with zero attached hydrogens (tertiary/aromatic N) is 2. The predicted octanol–water partition coefficient (Wildman–Crippen LogP) is 5.63. The van der Waals surface area contributed by atoms with Gasteiger partial charge in [-0.3, -0.25) is 4.90 Å². The van der Waals surface area contributed by atoms with E-state index in [9.17, 15) is 0 Å². The molecule has 1 fully saturated rings. The maximum atomic E-state index is 5.93. The molecule has 0 spiro atoms. The largest absolute Gasteiger partial charge is 0.436 e. The summed E-state index contributed by atoms with van der Waals surface area (Å²) in [6, 6.07) is 15.1. The lowest BCUT2D eigenvalue weighted by Gasteiger charge is -2.33. The highest BCUT2D eigenvalue weighted by Crippen LogP contribution is 2.27. The minimum Gasteiger partial charge on any atom is -0.436 e. The molecule has 24 heavy (non-hydrogen) atoms. The summed E-state index contributed by atoms with van der Waals surface area (Å²) in [5, 5.41) is 0. The van der Waals surface area contributed by atoms with Crippen molar-refractivity contribution in [2.45, 2.75) is 38.8 Å². The zero-order valence-corrected chi connectivity index (χ0v) is 15.4. The second kappa shape index (κ2) is 6.69. The summed E-state index contributed by atoms with van der Waals surface area (Å²) in [5.41, 5.74) is 4.09. The van der Waals surface area contributed by atoms with Crippen LogP contribution in [0.5, 0.6) is 0 Å². The number of halogens is 1. The number of hydrogen-bond acceptors (Lipinski definition) is 3. The first kappa shape index (κ1) is 15.9. The van der Waals surface area contributed by atoms with Gasteiger partial charge < -0.3 is 4.42 Å². The number of fused-ring (bicyclic) bond motifs is 1.